The summed E-state index contributed by atoms with van der Waals surface area (Å²) in [5, 5.41) is 10.9. The molecule has 2 aliphatic rings. The van der Waals surface area contributed by atoms with E-state index in [2.05, 4.69) is 11.9 Å². The standard InChI is InChI=1S/C12H16N2O2S/c1-13-6-10(7-3-4-7)17-11-8(13)5-9(12(15)16)14(11)2/h5,7,10H,3-4,6H2,1-2H3,(H,15,16). The Hall–Kier alpha value is -1.10. The molecule has 0 amide bonds. The van der Waals surface area contributed by atoms with Crippen LogP contribution in [0.2, 0.25) is 0 Å². The van der Waals surface area contributed by atoms with E-state index in [9.17, 15) is 4.79 Å². The maximum Gasteiger partial charge on any atom is 0.352 e. The van der Waals surface area contributed by atoms with Gasteiger partial charge in [-0.15, -0.1) is 11.8 Å². The third kappa shape index (κ3) is 1.73. The predicted molar refractivity (Wildman–Crippen MR) is 68.0 cm³/mol. The van der Waals surface area contributed by atoms with E-state index in [1.807, 2.05) is 23.4 Å². The van der Waals surface area contributed by atoms with Crippen LogP contribution < -0.4 is 4.90 Å². The smallest absolute Gasteiger partial charge is 0.352 e. The molecule has 2 heterocycles. The zero-order valence-corrected chi connectivity index (χ0v) is 10.8. The first-order valence-corrected chi connectivity index (χ1v) is 6.76. The van der Waals surface area contributed by atoms with Gasteiger partial charge in [-0.05, 0) is 24.8 Å². The summed E-state index contributed by atoms with van der Waals surface area (Å²) in [4.78, 5) is 13.3. The minimum atomic E-state index is -0.848. The minimum absolute atomic E-state index is 0.380. The van der Waals surface area contributed by atoms with E-state index >= 15 is 0 Å². The number of thioether (sulfide) groups is 1. The van der Waals surface area contributed by atoms with Crippen molar-refractivity contribution in [3.8, 4) is 0 Å². The Morgan fingerprint density at radius 1 is 1.47 bits per heavy atom. The maximum absolute atomic E-state index is 11.1. The third-order valence-corrected chi connectivity index (χ3v) is 5.20. The molecule has 5 heteroatoms. The number of carbonyl (C=O) groups is 1. The van der Waals surface area contributed by atoms with Crippen LogP contribution in [-0.2, 0) is 7.05 Å². The fourth-order valence-corrected chi connectivity index (χ4v) is 4.09. The van der Waals surface area contributed by atoms with Crippen molar-refractivity contribution in [3.05, 3.63) is 11.8 Å². The minimum Gasteiger partial charge on any atom is -0.477 e. The molecule has 4 nitrogen and oxygen atoms in total. The van der Waals surface area contributed by atoms with Crippen LogP contribution in [-0.4, -0.2) is 34.5 Å². The van der Waals surface area contributed by atoms with E-state index in [0.717, 1.165) is 23.2 Å². The van der Waals surface area contributed by atoms with Crippen LogP contribution in [0.25, 0.3) is 0 Å². The van der Waals surface area contributed by atoms with Gasteiger partial charge < -0.3 is 14.6 Å². The van der Waals surface area contributed by atoms with Gasteiger partial charge in [0.1, 0.15) is 5.69 Å². The van der Waals surface area contributed by atoms with Crippen LogP contribution in [0.5, 0.6) is 0 Å². The third-order valence-electron chi connectivity index (χ3n) is 3.65. The second kappa shape index (κ2) is 3.70. The van der Waals surface area contributed by atoms with E-state index in [4.69, 9.17) is 5.11 Å². The summed E-state index contributed by atoms with van der Waals surface area (Å²) in [7, 11) is 3.90. The number of rotatable bonds is 2. The molecule has 0 spiro atoms. The summed E-state index contributed by atoms with van der Waals surface area (Å²) < 4.78 is 1.81. The number of anilines is 1. The average molecular weight is 252 g/mol. The van der Waals surface area contributed by atoms with Gasteiger partial charge >= 0.3 is 5.97 Å². The lowest BCUT2D eigenvalue weighted by molar-refractivity contribution is 0.0685. The Balaban J connectivity index is 1.99. The molecule has 17 heavy (non-hydrogen) atoms. The van der Waals surface area contributed by atoms with Crippen LogP contribution in [0, 0.1) is 5.92 Å². The average Bonchev–Trinajstić information content (AvgIpc) is 3.05. The summed E-state index contributed by atoms with van der Waals surface area (Å²) in [5.41, 5.74) is 1.44. The Morgan fingerprint density at radius 2 is 2.18 bits per heavy atom. The van der Waals surface area contributed by atoms with Gasteiger partial charge in [-0.2, -0.15) is 0 Å². The quantitative estimate of drug-likeness (QED) is 0.875. The first-order valence-electron chi connectivity index (χ1n) is 5.88. The highest BCUT2D eigenvalue weighted by Crippen LogP contribution is 2.48. The molecule has 92 valence electrons. The number of carboxylic acids is 1. The zero-order chi connectivity index (χ0) is 12.2. The zero-order valence-electron chi connectivity index (χ0n) is 10.0. The van der Waals surface area contributed by atoms with Gasteiger partial charge in [-0.25, -0.2) is 4.79 Å². The molecule has 0 radical (unpaired) electrons. The second-order valence-corrected chi connectivity index (χ2v) is 6.19. The van der Waals surface area contributed by atoms with Crippen molar-refractivity contribution in [1.82, 2.24) is 4.57 Å². The summed E-state index contributed by atoms with van der Waals surface area (Å²) in [6, 6.07) is 1.79. The predicted octanol–water partition coefficient (Wildman–Crippen LogP) is 2.04. The molecule has 1 atom stereocenters. The lowest BCUT2D eigenvalue weighted by Crippen LogP contribution is -2.32. The van der Waals surface area contributed by atoms with E-state index in [1.165, 1.54) is 12.8 Å². The maximum atomic E-state index is 11.1. The summed E-state index contributed by atoms with van der Waals surface area (Å²) in [6.45, 7) is 1.03. The highest BCUT2D eigenvalue weighted by atomic mass is 32.2. The summed E-state index contributed by atoms with van der Waals surface area (Å²) in [5.74, 6) is -0.0161. The monoisotopic (exact) mass is 252 g/mol. The second-order valence-electron chi connectivity index (χ2n) is 4.96. The van der Waals surface area contributed by atoms with Crippen molar-refractivity contribution in [3.63, 3.8) is 0 Å². The molecule has 1 unspecified atom stereocenters. The molecule has 0 bridgehead atoms. The number of aromatic nitrogens is 1. The number of aromatic carboxylic acids is 1. The van der Waals surface area contributed by atoms with Crippen molar-refractivity contribution in [2.24, 2.45) is 13.0 Å². The molecule has 1 fully saturated rings. The first kappa shape index (κ1) is 11.0. The van der Waals surface area contributed by atoms with Crippen LogP contribution in [0.1, 0.15) is 23.3 Å². The largest absolute Gasteiger partial charge is 0.477 e. The Kier molecular flexibility index (Phi) is 2.40. The molecule has 1 aliphatic heterocycles. The fourth-order valence-electron chi connectivity index (χ4n) is 2.45. The van der Waals surface area contributed by atoms with Gasteiger partial charge in [0.15, 0.2) is 0 Å². The number of nitrogens with zero attached hydrogens (tertiary/aromatic N) is 2. The molecule has 0 saturated heterocycles. The van der Waals surface area contributed by atoms with Gasteiger partial charge in [-0.3, -0.25) is 0 Å². The Bertz CT molecular complexity index is 479. The van der Waals surface area contributed by atoms with E-state index in [0.29, 0.717) is 10.9 Å². The number of fused-ring (bicyclic) bond motifs is 1. The lowest BCUT2D eigenvalue weighted by atomic mass is 10.2. The van der Waals surface area contributed by atoms with Gasteiger partial charge in [0.2, 0.25) is 0 Å². The van der Waals surface area contributed by atoms with Crippen LogP contribution in [0.15, 0.2) is 11.1 Å². The Labute approximate surface area is 105 Å². The molecule has 1 aliphatic carbocycles. The highest BCUT2D eigenvalue weighted by molar-refractivity contribution is 8.00. The SMILES string of the molecule is CN1CC(C2CC2)Sc2c1cc(C(=O)O)n2C. The summed E-state index contributed by atoms with van der Waals surface area (Å²) >= 11 is 1.85. The van der Waals surface area contributed by atoms with E-state index in [-0.39, 0.29) is 0 Å². The van der Waals surface area contributed by atoms with Crippen molar-refractivity contribution < 1.29 is 9.90 Å². The fraction of sp³-hybridized carbons (Fsp3) is 0.583. The van der Waals surface area contributed by atoms with Crippen LogP contribution in [0.4, 0.5) is 5.69 Å². The number of carboxylic acid groups (broad SMARTS) is 1. The molecule has 1 saturated carbocycles. The van der Waals surface area contributed by atoms with Crippen molar-refractivity contribution >= 4 is 23.4 Å². The van der Waals surface area contributed by atoms with Crippen LogP contribution >= 0.6 is 11.8 Å². The lowest BCUT2D eigenvalue weighted by Gasteiger charge is -2.31. The first-order chi connectivity index (χ1) is 8.08. The Morgan fingerprint density at radius 3 is 2.76 bits per heavy atom. The van der Waals surface area contributed by atoms with E-state index in [1.54, 1.807) is 6.07 Å². The molecule has 0 aromatic carbocycles. The van der Waals surface area contributed by atoms with Gasteiger partial charge in [0.25, 0.3) is 0 Å². The molecule has 1 aromatic heterocycles. The normalized spacial score (nSPS) is 23.6. The topological polar surface area (TPSA) is 45.5 Å². The number of hydrogen-bond acceptors (Lipinski definition) is 3. The van der Waals surface area contributed by atoms with E-state index < -0.39 is 5.97 Å². The molecule has 1 N–H and O–H groups in total. The highest BCUT2D eigenvalue weighted by Gasteiger charge is 2.37. The molecule has 3 rings (SSSR count). The summed E-state index contributed by atoms with van der Waals surface area (Å²) in [6.07, 6.45) is 2.66. The molecular weight excluding hydrogens is 236 g/mol. The molecular formula is C12H16N2O2S. The van der Waals surface area contributed by atoms with Crippen LogP contribution in [0.3, 0.4) is 0 Å². The molecule has 1 aromatic rings. The van der Waals surface area contributed by atoms with Gasteiger partial charge in [0, 0.05) is 25.9 Å². The van der Waals surface area contributed by atoms with Crippen molar-refractivity contribution in [2.75, 3.05) is 18.5 Å². The van der Waals surface area contributed by atoms with Gasteiger partial charge in [-0.1, -0.05) is 0 Å². The van der Waals surface area contributed by atoms with Crippen molar-refractivity contribution in [2.45, 2.75) is 23.1 Å². The van der Waals surface area contributed by atoms with Gasteiger partial charge in [0.05, 0.1) is 10.7 Å². The number of hydrogen-bond donors (Lipinski definition) is 1. The van der Waals surface area contributed by atoms with Crippen molar-refractivity contribution in [1.29, 1.82) is 0 Å².